The van der Waals surface area contributed by atoms with Crippen LogP contribution in [0.4, 0.5) is 0 Å². The van der Waals surface area contributed by atoms with Gasteiger partial charge in [-0.05, 0) is 41.5 Å². The molecule has 0 radical (unpaired) electrons. The molecule has 1 unspecified atom stereocenters. The Morgan fingerprint density at radius 1 is 1.25 bits per heavy atom. The molecule has 1 nitrogen and oxygen atoms in total. The average molecular weight is 232 g/mol. The van der Waals surface area contributed by atoms with E-state index >= 15 is 0 Å². The maximum Gasteiger partial charge on any atom is 0.114 e. The highest BCUT2D eigenvalue weighted by molar-refractivity contribution is 7.10. The fraction of sp³-hybridized carbons (Fsp3) is 0.286. The van der Waals surface area contributed by atoms with Gasteiger partial charge >= 0.3 is 0 Å². The number of aliphatic hydroxyl groups excluding tert-OH is 1. The summed E-state index contributed by atoms with van der Waals surface area (Å²) in [7, 11) is 0. The lowest BCUT2D eigenvalue weighted by Gasteiger charge is -2.13. The Morgan fingerprint density at radius 2 is 2.00 bits per heavy atom. The van der Waals surface area contributed by atoms with Crippen molar-refractivity contribution in [3.05, 3.63) is 57.3 Å². The molecular weight excluding hydrogens is 216 g/mol. The summed E-state index contributed by atoms with van der Waals surface area (Å²) in [6, 6.07) is 10.1. The zero-order valence-electron chi connectivity index (χ0n) is 9.60. The SMILES string of the molecule is CCc1ccsc1C(O)c1ccccc1C. The minimum Gasteiger partial charge on any atom is -0.383 e. The molecule has 0 saturated carbocycles. The van der Waals surface area contributed by atoms with Gasteiger partial charge in [-0.3, -0.25) is 0 Å². The molecule has 1 atom stereocenters. The van der Waals surface area contributed by atoms with Crippen LogP contribution in [0, 0.1) is 6.92 Å². The zero-order chi connectivity index (χ0) is 11.5. The van der Waals surface area contributed by atoms with Crippen LogP contribution in [0.5, 0.6) is 0 Å². The lowest BCUT2D eigenvalue weighted by atomic mass is 10.00. The molecule has 0 saturated heterocycles. The summed E-state index contributed by atoms with van der Waals surface area (Å²) in [6.07, 6.45) is 0.498. The van der Waals surface area contributed by atoms with Crippen LogP contribution in [0.3, 0.4) is 0 Å². The first-order valence-corrected chi connectivity index (χ1v) is 6.42. The second-order valence-corrected chi connectivity index (χ2v) is 4.87. The average Bonchev–Trinajstić information content (AvgIpc) is 2.77. The van der Waals surface area contributed by atoms with Crippen molar-refractivity contribution in [2.24, 2.45) is 0 Å². The molecule has 0 amide bonds. The normalized spacial score (nSPS) is 12.7. The van der Waals surface area contributed by atoms with Crippen molar-refractivity contribution >= 4 is 11.3 Å². The van der Waals surface area contributed by atoms with Crippen LogP contribution >= 0.6 is 11.3 Å². The van der Waals surface area contributed by atoms with E-state index in [0.29, 0.717) is 0 Å². The van der Waals surface area contributed by atoms with Gasteiger partial charge in [0.15, 0.2) is 0 Å². The highest BCUT2D eigenvalue weighted by Crippen LogP contribution is 2.31. The van der Waals surface area contributed by atoms with E-state index in [1.54, 1.807) is 11.3 Å². The Hall–Kier alpha value is -1.12. The Kier molecular flexibility index (Phi) is 3.42. The van der Waals surface area contributed by atoms with Crippen molar-refractivity contribution in [2.75, 3.05) is 0 Å². The molecule has 84 valence electrons. The van der Waals surface area contributed by atoms with Gasteiger partial charge in [-0.15, -0.1) is 11.3 Å². The standard InChI is InChI=1S/C14H16OS/c1-3-11-8-9-16-14(11)13(15)12-7-5-4-6-10(12)2/h4-9,13,15H,3H2,1-2H3. The maximum absolute atomic E-state index is 10.4. The van der Waals surface area contributed by atoms with Crippen LogP contribution in [0.25, 0.3) is 0 Å². The summed E-state index contributed by atoms with van der Waals surface area (Å²) in [5.74, 6) is 0. The minimum atomic E-state index is -0.476. The fourth-order valence-corrected chi connectivity index (χ4v) is 2.91. The van der Waals surface area contributed by atoms with E-state index < -0.39 is 6.10 Å². The van der Waals surface area contributed by atoms with Gasteiger partial charge < -0.3 is 5.11 Å². The second kappa shape index (κ2) is 4.81. The monoisotopic (exact) mass is 232 g/mol. The quantitative estimate of drug-likeness (QED) is 0.855. The summed E-state index contributed by atoms with van der Waals surface area (Å²) < 4.78 is 0. The van der Waals surface area contributed by atoms with Crippen molar-refractivity contribution in [3.63, 3.8) is 0 Å². The summed E-state index contributed by atoms with van der Waals surface area (Å²) in [5.41, 5.74) is 3.41. The van der Waals surface area contributed by atoms with Gasteiger partial charge in [-0.1, -0.05) is 31.2 Å². The van der Waals surface area contributed by atoms with E-state index in [0.717, 1.165) is 22.4 Å². The summed E-state index contributed by atoms with van der Waals surface area (Å²) in [5, 5.41) is 12.4. The number of rotatable bonds is 3. The molecule has 0 aliphatic rings. The van der Waals surface area contributed by atoms with E-state index in [1.807, 2.05) is 31.2 Å². The first-order chi connectivity index (χ1) is 7.74. The van der Waals surface area contributed by atoms with Crippen LogP contribution in [0.1, 0.15) is 34.6 Å². The van der Waals surface area contributed by atoms with Crippen LogP contribution < -0.4 is 0 Å². The molecule has 0 aliphatic carbocycles. The number of hydrogen-bond donors (Lipinski definition) is 1. The Balaban J connectivity index is 2.39. The molecule has 0 fully saturated rings. The van der Waals surface area contributed by atoms with E-state index in [-0.39, 0.29) is 0 Å². The van der Waals surface area contributed by atoms with Gasteiger partial charge in [0.05, 0.1) is 0 Å². The third-order valence-electron chi connectivity index (χ3n) is 2.89. The lowest BCUT2D eigenvalue weighted by Crippen LogP contribution is -2.02. The molecule has 16 heavy (non-hydrogen) atoms. The van der Waals surface area contributed by atoms with Crippen LogP contribution in [-0.4, -0.2) is 5.11 Å². The maximum atomic E-state index is 10.4. The van der Waals surface area contributed by atoms with Crippen LogP contribution in [-0.2, 0) is 6.42 Å². The largest absolute Gasteiger partial charge is 0.383 e. The summed E-state index contributed by atoms with van der Waals surface area (Å²) in [4.78, 5) is 1.08. The second-order valence-electron chi connectivity index (χ2n) is 3.92. The predicted molar refractivity (Wildman–Crippen MR) is 68.9 cm³/mol. The minimum absolute atomic E-state index is 0.476. The molecule has 2 rings (SSSR count). The molecular formula is C14H16OS. The number of thiophene rings is 1. The summed E-state index contributed by atoms with van der Waals surface area (Å²) >= 11 is 1.64. The lowest BCUT2D eigenvalue weighted by molar-refractivity contribution is 0.222. The molecule has 1 N–H and O–H groups in total. The van der Waals surface area contributed by atoms with E-state index in [4.69, 9.17) is 0 Å². The topological polar surface area (TPSA) is 20.2 Å². The van der Waals surface area contributed by atoms with E-state index in [9.17, 15) is 5.11 Å². The predicted octanol–water partition coefficient (Wildman–Crippen LogP) is 3.70. The number of hydrogen-bond acceptors (Lipinski definition) is 2. The summed E-state index contributed by atoms with van der Waals surface area (Å²) in [6.45, 7) is 4.16. The van der Waals surface area contributed by atoms with Gasteiger partial charge in [0.1, 0.15) is 6.10 Å². The molecule has 1 heterocycles. The zero-order valence-corrected chi connectivity index (χ0v) is 10.4. The van der Waals surface area contributed by atoms with Crippen molar-refractivity contribution in [3.8, 4) is 0 Å². The van der Waals surface area contributed by atoms with Gasteiger partial charge in [0.2, 0.25) is 0 Å². The Morgan fingerprint density at radius 3 is 2.69 bits per heavy atom. The van der Waals surface area contributed by atoms with E-state index in [2.05, 4.69) is 18.4 Å². The van der Waals surface area contributed by atoms with Crippen LogP contribution in [0.2, 0.25) is 0 Å². The highest BCUT2D eigenvalue weighted by Gasteiger charge is 2.16. The van der Waals surface area contributed by atoms with Crippen molar-refractivity contribution in [2.45, 2.75) is 26.4 Å². The third kappa shape index (κ3) is 2.04. The number of benzene rings is 1. The van der Waals surface area contributed by atoms with Crippen molar-refractivity contribution in [1.29, 1.82) is 0 Å². The van der Waals surface area contributed by atoms with Gasteiger partial charge in [-0.25, -0.2) is 0 Å². The van der Waals surface area contributed by atoms with Crippen molar-refractivity contribution in [1.82, 2.24) is 0 Å². The Labute approximate surface area is 100 Å². The number of aryl methyl sites for hydroxylation is 2. The smallest absolute Gasteiger partial charge is 0.114 e. The molecule has 0 aliphatic heterocycles. The molecule has 1 aromatic carbocycles. The number of aliphatic hydroxyl groups is 1. The first kappa shape index (κ1) is 11.4. The molecule has 1 aromatic heterocycles. The molecule has 2 heteroatoms. The molecule has 2 aromatic rings. The molecule has 0 bridgehead atoms. The van der Waals surface area contributed by atoms with E-state index in [1.165, 1.54) is 5.56 Å². The Bertz CT molecular complexity index is 473. The highest BCUT2D eigenvalue weighted by atomic mass is 32.1. The first-order valence-electron chi connectivity index (χ1n) is 5.54. The molecule has 0 spiro atoms. The third-order valence-corrected chi connectivity index (χ3v) is 3.90. The van der Waals surface area contributed by atoms with Gasteiger partial charge in [0.25, 0.3) is 0 Å². The van der Waals surface area contributed by atoms with Gasteiger partial charge in [0, 0.05) is 4.88 Å². The fourth-order valence-electron chi connectivity index (χ4n) is 1.91. The van der Waals surface area contributed by atoms with Crippen molar-refractivity contribution < 1.29 is 5.11 Å². The van der Waals surface area contributed by atoms with Gasteiger partial charge in [-0.2, -0.15) is 0 Å². The van der Waals surface area contributed by atoms with Crippen LogP contribution in [0.15, 0.2) is 35.7 Å².